The predicted octanol–water partition coefficient (Wildman–Crippen LogP) is 4.29. The Hall–Kier alpha value is -0.300. The summed E-state index contributed by atoms with van der Waals surface area (Å²) in [6, 6.07) is 3.75. The lowest BCUT2D eigenvalue weighted by atomic mass is 10.4. The highest BCUT2D eigenvalue weighted by Gasteiger charge is 2.04. The zero-order chi connectivity index (χ0) is 12.3. The predicted molar refractivity (Wildman–Crippen MR) is 78.2 cm³/mol. The molecule has 2 aromatic heterocycles. The smallest absolute Gasteiger partial charge is 0.190 e. The summed E-state index contributed by atoms with van der Waals surface area (Å²) in [5.74, 6) is 0.745. The lowest BCUT2D eigenvalue weighted by Gasteiger charge is -2.06. The Morgan fingerprint density at radius 3 is 3.00 bits per heavy atom. The molecule has 17 heavy (non-hydrogen) atoms. The van der Waals surface area contributed by atoms with Crippen molar-refractivity contribution in [2.75, 3.05) is 11.6 Å². The van der Waals surface area contributed by atoms with Gasteiger partial charge in [0.05, 0.1) is 6.54 Å². The third-order valence-corrected chi connectivity index (χ3v) is 4.65. The van der Waals surface area contributed by atoms with Crippen molar-refractivity contribution in [1.82, 2.24) is 9.97 Å². The van der Waals surface area contributed by atoms with Crippen molar-refractivity contribution in [2.24, 2.45) is 0 Å². The fraction of sp³-hybridized carbons (Fsp3) is 0.200. The van der Waals surface area contributed by atoms with Crippen LogP contribution in [0.3, 0.4) is 0 Å². The molecule has 0 fully saturated rings. The fourth-order valence-corrected chi connectivity index (χ4v) is 3.25. The van der Waals surface area contributed by atoms with Gasteiger partial charge in [-0.3, -0.25) is 0 Å². The van der Waals surface area contributed by atoms with E-state index in [1.54, 1.807) is 17.4 Å². The quantitative estimate of drug-likeness (QED) is 0.507. The van der Waals surface area contributed by atoms with Crippen molar-refractivity contribution in [3.63, 3.8) is 0 Å². The van der Waals surface area contributed by atoms with Crippen LogP contribution in [0.1, 0.15) is 4.88 Å². The van der Waals surface area contributed by atoms with Crippen LogP contribution in [0.25, 0.3) is 0 Å². The summed E-state index contributed by atoms with van der Waals surface area (Å²) in [5.41, 5.74) is 0. The molecule has 0 saturated heterocycles. The standard InChI is InChI=1S/C10H9BrClN3S2/c1-16-10-14-8(12)4-9(15-10)13-5-7-6(11)2-3-17-7/h2-4H,5H2,1H3,(H,13,14,15). The van der Waals surface area contributed by atoms with Crippen LogP contribution in [0.2, 0.25) is 5.15 Å². The summed E-state index contributed by atoms with van der Waals surface area (Å²) in [7, 11) is 0. The van der Waals surface area contributed by atoms with Gasteiger partial charge in [0, 0.05) is 15.4 Å². The fourth-order valence-electron chi connectivity index (χ4n) is 1.20. The van der Waals surface area contributed by atoms with E-state index in [0.29, 0.717) is 10.3 Å². The maximum atomic E-state index is 5.91. The minimum atomic E-state index is 0.456. The molecule has 0 bridgehead atoms. The molecule has 2 heterocycles. The summed E-state index contributed by atoms with van der Waals surface area (Å²) in [6.45, 7) is 0.722. The molecule has 2 aromatic rings. The van der Waals surface area contributed by atoms with Gasteiger partial charge in [-0.25, -0.2) is 9.97 Å². The number of rotatable bonds is 4. The van der Waals surface area contributed by atoms with E-state index in [2.05, 4.69) is 31.2 Å². The second-order valence-electron chi connectivity index (χ2n) is 3.11. The first kappa shape index (κ1) is 13.1. The number of anilines is 1. The van der Waals surface area contributed by atoms with Crippen molar-refractivity contribution < 1.29 is 0 Å². The monoisotopic (exact) mass is 349 g/mol. The highest BCUT2D eigenvalue weighted by atomic mass is 79.9. The van der Waals surface area contributed by atoms with Crippen molar-refractivity contribution >= 4 is 56.4 Å². The maximum Gasteiger partial charge on any atom is 0.190 e. The number of nitrogens with one attached hydrogen (secondary N) is 1. The summed E-state index contributed by atoms with van der Waals surface area (Å²) < 4.78 is 1.11. The Morgan fingerprint density at radius 1 is 1.53 bits per heavy atom. The van der Waals surface area contributed by atoms with Crippen LogP contribution in [0.5, 0.6) is 0 Å². The SMILES string of the molecule is CSc1nc(Cl)cc(NCc2sccc2Br)n1. The molecule has 0 amide bonds. The van der Waals surface area contributed by atoms with Crippen LogP contribution in [-0.4, -0.2) is 16.2 Å². The molecule has 0 radical (unpaired) electrons. The van der Waals surface area contributed by atoms with Gasteiger partial charge in [0.25, 0.3) is 0 Å². The Balaban J connectivity index is 2.09. The van der Waals surface area contributed by atoms with Gasteiger partial charge in [0.1, 0.15) is 11.0 Å². The maximum absolute atomic E-state index is 5.91. The molecule has 0 spiro atoms. The molecule has 0 aliphatic rings. The van der Waals surface area contributed by atoms with Crippen LogP contribution >= 0.6 is 50.6 Å². The van der Waals surface area contributed by atoms with E-state index in [0.717, 1.165) is 16.8 Å². The lowest BCUT2D eigenvalue weighted by molar-refractivity contribution is 0.959. The van der Waals surface area contributed by atoms with E-state index in [4.69, 9.17) is 11.6 Å². The van der Waals surface area contributed by atoms with E-state index in [1.165, 1.54) is 16.6 Å². The van der Waals surface area contributed by atoms with Gasteiger partial charge in [-0.2, -0.15) is 0 Å². The molecule has 0 aliphatic heterocycles. The second kappa shape index (κ2) is 6.04. The molecule has 1 N–H and O–H groups in total. The largest absolute Gasteiger partial charge is 0.365 e. The topological polar surface area (TPSA) is 37.8 Å². The minimum Gasteiger partial charge on any atom is -0.365 e. The molecule has 2 rings (SSSR count). The number of aromatic nitrogens is 2. The van der Waals surface area contributed by atoms with Gasteiger partial charge in [0.2, 0.25) is 0 Å². The molecule has 0 saturated carbocycles. The molecule has 0 unspecified atom stereocenters. The Bertz CT molecular complexity index is 518. The van der Waals surface area contributed by atoms with Crippen molar-refractivity contribution in [3.8, 4) is 0 Å². The molecular weight excluding hydrogens is 342 g/mol. The van der Waals surface area contributed by atoms with Gasteiger partial charge >= 0.3 is 0 Å². The first-order chi connectivity index (χ1) is 8.19. The zero-order valence-electron chi connectivity index (χ0n) is 8.91. The van der Waals surface area contributed by atoms with Gasteiger partial charge in [0.15, 0.2) is 5.16 Å². The van der Waals surface area contributed by atoms with E-state index in [1.807, 2.05) is 17.7 Å². The van der Waals surface area contributed by atoms with Crippen LogP contribution in [0.15, 0.2) is 27.1 Å². The average Bonchev–Trinajstić information content (AvgIpc) is 2.71. The van der Waals surface area contributed by atoms with Gasteiger partial charge in [-0.1, -0.05) is 23.4 Å². The van der Waals surface area contributed by atoms with Crippen molar-refractivity contribution in [1.29, 1.82) is 0 Å². The Morgan fingerprint density at radius 2 is 2.35 bits per heavy atom. The molecule has 0 aliphatic carbocycles. The average molecular weight is 351 g/mol. The molecule has 90 valence electrons. The first-order valence-electron chi connectivity index (χ1n) is 4.73. The van der Waals surface area contributed by atoms with Gasteiger partial charge < -0.3 is 5.32 Å². The first-order valence-corrected chi connectivity index (χ1v) is 8.01. The van der Waals surface area contributed by atoms with Crippen LogP contribution in [0.4, 0.5) is 5.82 Å². The molecule has 0 atom stereocenters. The van der Waals surface area contributed by atoms with Gasteiger partial charge in [-0.15, -0.1) is 11.3 Å². The van der Waals surface area contributed by atoms with Crippen LogP contribution in [-0.2, 0) is 6.54 Å². The van der Waals surface area contributed by atoms with Gasteiger partial charge in [-0.05, 0) is 33.6 Å². The number of nitrogens with zero attached hydrogens (tertiary/aromatic N) is 2. The molecular formula is C10H9BrClN3S2. The van der Waals surface area contributed by atoms with E-state index in [9.17, 15) is 0 Å². The van der Waals surface area contributed by atoms with Crippen molar-refractivity contribution in [3.05, 3.63) is 32.0 Å². The molecule has 7 heteroatoms. The zero-order valence-corrected chi connectivity index (χ0v) is 12.9. The highest BCUT2D eigenvalue weighted by molar-refractivity contribution is 9.10. The molecule has 3 nitrogen and oxygen atoms in total. The Labute approximate surface area is 121 Å². The third-order valence-electron chi connectivity index (χ3n) is 1.98. The summed E-state index contributed by atoms with van der Waals surface area (Å²) >= 11 is 12.6. The number of hydrogen-bond acceptors (Lipinski definition) is 5. The normalized spacial score (nSPS) is 10.5. The number of thiophene rings is 1. The van der Waals surface area contributed by atoms with Crippen LogP contribution in [0, 0.1) is 0 Å². The number of halogens is 2. The Kier molecular flexibility index (Phi) is 4.67. The minimum absolute atomic E-state index is 0.456. The number of thioether (sulfide) groups is 1. The summed E-state index contributed by atoms with van der Waals surface area (Å²) in [6.07, 6.45) is 1.92. The van der Waals surface area contributed by atoms with Crippen molar-refractivity contribution in [2.45, 2.75) is 11.7 Å². The van der Waals surface area contributed by atoms with Crippen LogP contribution < -0.4 is 5.32 Å². The third kappa shape index (κ3) is 3.58. The second-order valence-corrected chi connectivity index (χ2v) is 6.12. The highest BCUT2D eigenvalue weighted by Crippen LogP contribution is 2.24. The van der Waals surface area contributed by atoms with E-state index < -0.39 is 0 Å². The summed E-state index contributed by atoms with van der Waals surface area (Å²) in [4.78, 5) is 9.64. The van der Waals surface area contributed by atoms with E-state index >= 15 is 0 Å². The molecule has 0 aromatic carbocycles. The lowest BCUT2D eigenvalue weighted by Crippen LogP contribution is -2.01. The summed E-state index contributed by atoms with van der Waals surface area (Å²) in [5, 5.41) is 6.41. The van der Waals surface area contributed by atoms with E-state index in [-0.39, 0.29) is 0 Å². The number of hydrogen-bond donors (Lipinski definition) is 1.